The first-order valence-corrected chi connectivity index (χ1v) is 6.68. The van der Waals surface area contributed by atoms with Crippen molar-refractivity contribution in [3.63, 3.8) is 0 Å². The van der Waals surface area contributed by atoms with Gasteiger partial charge in [-0.05, 0) is 25.0 Å². The maximum absolute atomic E-state index is 13.1. The second kappa shape index (κ2) is 6.03. The van der Waals surface area contributed by atoms with Crippen molar-refractivity contribution < 1.29 is 22.4 Å². The molecule has 1 fully saturated rings. The third kappa shape index (κ3) is 3.45. The Morgan fingerprint density at radius 2 is 2.10 bits per heavy atom. The second-order valence-electron chi connectivity index (χ2n) is 5.25. The maximum Gasteiger partial charge on any atom is 0.393 e. The van der Waals surface area contributed by atoms with Gasteiger partial charge in [-0.3, -0.25) is 4.90 Å². The minimum absolute atomic E-state index is 0.207. The lowest BCUT2D eigenvalue weighted by Crippen LogP contribution is -2.45. The molecule has 20 heavy (non-hydrogen) atoms. The summed E-state index contributed by atoms with van der Waals surface area (Å²) >= 11 is 0. The topological polar surface area (TPSA) is 38.5 Å². The Hall–Kier alpha value is -1.24. The van der Waals surface area contributed by atoms with Gasteiger partial charge >= 0.3 is 6.18 Å². The molecule has 2 rings (SSSR count). The van der Waals surface area contributed by atoms with Crippen molar-refractivity contribution in [1.29, 1.82) is 0 Å². The van der Waals surface area contributed by atoms with Crippen molar-refractivity contribution in [2.45, 2.75) is 44.4 Å². The molecule has 0 aliphatic heterocycles. The highest BCUT2D eigenvalue weighted by molar-refractivity contribution is 5.10. The number of alkyl halides is 3. The summed E-state index contributed by atoms with van der Waals surface area (Å²) in [5, 5.41) is 3.65. The molecule has 0 amide bonds. The lowest BCUT2D eigenvalue weighted by molar-refractivity contribution is -0.198. The summed E-state index contributed by atoms with van der Waals surface area (Å²) in [7, 11) is 3.16. The lowest BCUT2D eigenvalue weighted by Gasteiger charge is -2.38. The molecule has 0 radical (unpaired) electrons. The smallest absolute Gasteiger partial charge is 0.393 e. The summed E-state index contributed by atoms with van der Waals surface area (Å²) < 4.78 is 49.1. The predicted molar refractivity (Wildman–Crippen MR) is 66.3 cm³/mol. The van der Waals surface area contributed by atoms with E-state index in [1.54, 1.807) is 18.0 Å². The van der Waals surface area contributed by atoms with Crippen LogP contribution in [0.1, 0.15) is 31.4 Å². The normalized spacial score (nSPS) is 24.1. The molecule has 0 bridgehead atoms. The van der Waals surface area contributed by atoms with Gasteiger partial charge in [-0.1, -0.05) is 12.8 Å². The van der Waals surface area contributed by atoms with Crippen LogP contribution in [0.4, 0.5) is 13.2 Å². The van der Waals surface area contributed by atoms with E-state index in [4.69, 9.17) is 9.26 Å². The van der Waals surface area contributed by atoms with Crippen LogP contribution in [0.25, 0.3) is 0 Å². The van der Waals surface area contributed by atoms with E-state index in [0.29, 0.717) is 31.0 Å². The second-order valence-corrected chi connectivity index (χ2v) is 5.25. The van der Waals surface area contributed by atoms with E-state index in [0.717, 1.165) is 6.42 Å². The van der Waals surface area contributed by atoms with E-state index in [-0.39, 0.29) is 6.42 Å². The van der Waals surface area contributed by atoms with Gasteiger partial charge in [-0.2, -0.15) is 13.2 Å². The SMILES string of the molecule is COc1cc(CN(C)[C@H]2CCCC[C@H]2C(F)(F)F)on1. The molecule has 7 heteroatoms. The highest BCUT2D eigenvalue weighted by atomic mass is 19.4. The van der Waals surface area contributed by atoms with Crippen LogP contribution in [0.2, 0.25) is 0 Å². The molecule has 0 spiro atoms. The molecular weight excluding hydrogens is 273 g/mol. The van der Waals surface area contributed by atoms with Crippen LogP contribution in [0.3, 0.4) is 0 Å². The molecule has 0 unspecified atom stereocenters. The van der Waals surface area contributed by atoms with Crippen LogP contribution in [-0.4, -0.2) is 36.4 Å². The molecule has 0 N–H and O–H groups in total. The highest BCUT2D eigenvalue weighted by Crippen LogP contribution is 2.40. The van der Waals surface area contributed by atoms with E-state index in [9.17, 15) is 13.2 Å². The number of halogens is 3. The van der Waals surface area contributed by atoms with E-state index >= 15 is 0 Å². The zero-order valence-electron chi connectivity index (χ0n) is 11.6. The first kappa shape index (κ1) is 15.2. The number of rotatable bonds is 4. The van der Waals surface area contributed by atoms with E-state index in [1.165, 1.54) is 7.11 Å². The van der Waals surface area contributed by atoms with E-state index in [1.807, 2.05) is 0 Å². The fourth-order valence-electron chi connectivity index (χ4n) is 2.85. The van der Waals surface area contributed by atoms with Gasteiger partial charge in [-0.15, -0.1) is 0 Å². The molecular formula is C13H19F3N2O2. The molecule has 1 aliphatic rings. The Kier molecular flexibility index (Phi) is 4.57. The van der Waals surface area contributed by atoms with Crippen LogP contribution in [0.5, 0.6) is 5.88 Å². The summed E-state index contributed by atoms with van der Waals surface area (Å²) in [5.41, 5.74) is 0. The van der Waals surface area contributed by atoms with Crippen LogP contribution in [0, 0.1) is 5.92 Å². The van der Waals surface area contributed by atoms with Gasteiger partial charge in [0.25, 0.3) is 5.88 Å². The molecule has 1 heterocycles. The molecule has 114 valence electrons. The number of nitrogens with zero attached hydrogens (tertiary/aromatic N) is 2. The lowest BCUT2D eigenvalue weighted by atomic mass is 9.83. The third-order valence-corrected chi connectivity index (χ3v) is 3.87. The Morgan fingerprint density at radius 3 is 2.70 bits per heavy atom. The fourth-order valence-corrected chi connectivity index (χ4v) is 2.85. The number of methoxy groups -OCH3 is 1. The molecule has 1 aromatic rings. The minimum atomic E-state index is -4.14. The van der Waals surface area contributed by atoms with Gasteiger partial charge in [0.1, 0.15) is 0 Å². The molecule has 0 saturated heterocycles. The number of hydrogen-bond donors (Lipinski definition) is 0. The van der Waals surface area contributed by atoms with Crippen LogP contribution >= 0.6 is 0 Å². The van der Waals surface area contributed by atoms with Crippen molar-refractivity contribution in [3.8, 4) is 5.88 Å². The van der Waals surface area contributed by atoms with Crippen LogP contribution < -0.4 is 4.74 Å². The van der Waals surface area contributed by atoms with Crippen molar-refractivity contribution >= 4 is 0 Å². The van der Waals surface area contributed by atoms with Crippen LogP contribution in [-0.2, 0) is 6.54 Å². The summed E-state index contributed by atoms with van der Waals surface area (Å²) in [6, 6.07) is 1.10. The van der Waals surface area contributed by atoms with Crippen molar-refractivity contribution in [2.24, 2.45) is 5.92 Å². The molecule has 0 aromatic carbocycles. The summed E-state index contributed by atoms with van der Waals surface area (Å²) in [6.45, 7) is 0.299. The fraction of sp³-hybridized carbons (Fsp3) is 0.769. The standard InChI is InChI=1S/C13H19F3N2O2/c1-18(8-9-7-12(19-2)17-20-9)11-6-4-3-5-10(11)13(14,15)16/h7,10-11H,3-6,8H2,1-2H3/t10-,11+/m1/s1. The number of hydrogen-bond acceptors (Lipinski definition) is 4. The van der Waals surface area contributed by atoms with Gasteiger partial charge in [0.2, 0.25) is 0 Å². The highest BCUT2D eigenvalue weighted by Gasteiger charge is 2.46. The Balaban J connectivity index is 2.03. The number of aromatic nitrogens is 1. The quantitative estimate of drug-likeness (QED) is 0.854. The average Bonchev–Trinajstić information content (AvgIpc) is 2.85. The molecule has 4 nitrogen and oxygen atoms in total. The Labute approximate surface area is 115 Å². The van der Waals surface area contributed by atoms with Gasteiger partial charge < -0.3 is 9.26 Å². The third-order valence-electron chi connectivity index (χ3n) is 3.87. The van der Waals surface area contributed by atoms with Crippen molar-refractivity contribution in [2.75, 3.05) is 14.2 Å². The Bertz CT molecular complexity index is 433. The van der Waals surface area contributed by atoms with Gasteiger partial charge in [-0.25, -0.2) is 0 Å². The van der Waals surface area contributed by atoms with Gasteiger partial charge in [0.05, 0.1) is 19.6 Å². The monoisotopic (exact) mass is 292 g/mol. The molecule has 1 saturated carbocycles. The van der Waals surface area contributed by atoms with Crippen molar-refractivity contribution in [1.82, 2.24) is 10.1 Å². The average molecular weight is 292 g/mol. The predicted octanol–water partition coefficient (Wildman–Crippen LogP) is 3.24. The first-order valence-electron chi connectivity index (χ1n) is 6.68. The van der Waals surface area contributed by atoms with Crippen LogP contribution in [0.15, 0.2) is 10.6 Å². The largest absolute Gasteiger partial charge is 0.479 e. The Morgan fingerprint density at radius 1 is 1.40 bits per heavy atom. The van der Waals surface area contributed by atoms with Crippen molar-refractivity contribution in [3.05, 3.63) is 11.8 Å². The molecule has 1 aromatic heterocycles. The number of ether oxygens (including phenoxy) is 1. The maximum atomic E-state index is 13.1. The zero-order valence-corrected chi connectivity index (χ0v) is 11.6. The summed E-state index contributed by atoms with van der Waals surface area (Å²) in [5.74, 6) is -0.411. The van der Waals surface area contributed by atoms with Gasteiger partial charge in [0.15, 0.2) is 5.76 Å². The molecule has 1 aliphatic carbocycles. The summed E-state index contributed by atoms with van der Waals surface area (Å²) in [6.07, 6.45) is -1.89. The van der Waals surface area contributed by atoms with Gasteiger partial charge in [0, 0.05) is 12.1 Å². The molecule has 2 atom stereocenters. The first-order chi connectivity index (χ1) is 9.41. The van der Waals surface area contributed by atoms with E-state index in [2.05, 4.69) is 5.16 Å². The summed E-state index contributed by atoms with van der Waals surface area (Å²) in [4.78, 5) is 1.71. The minimum Gasteiger partial charge on any atom is -0.479 e. The van der Waals surface area contributed by atoms with E-state index < -0.39 is 18.1 Å². The zero-order chi connectivity index (χ0) is 14.8.